The van der Waals surface area contributed by atoms with Crippen molar-refractivity contribution in [2.45, 2.75) is 32.2 Å². The second kappa shape index (κ2) is 6.60. The van der Waals surface area contributed by atoms with E-state index in [1.807, 2.05) is 13.0 Å². The fraction of sp³-hybridized carbons (Fsp3) is 0.375. The molecule has 7 heteroatoms. The Bertz CT molecular complexity index is 698. The SMILES string of the molecule is CCNc1nc(NCc2ccc([N+](=O)[O-])cc2)cc(C2CC2)n1. The van der Waals surface area contributed by atoms with Gasteiger partial charge in [0.1, 0.15) is 5.82 Å². The fourth-order valence-corrected chi connectivity index (χ4v) is 2.31. The summed E-state index contributed by atoms with van der Waals surface area (Å²) in [4.78, 5) is 19.3. The molecule has 120 valence electrons. The zero-order valence-corrected chi connectivity index (χ0v) is 13.0. The van der Waals surface area contributed by atoms with Crippen LogP contribution in [0.2, 0.25) is 0 Å². The molecule has 1 aliphatic carbocycles. The van der Waals surface area contributed by atoms with Gasteiger partial charge in [-0.3, -0.25) is 10.1 Å². The molecule has 2 N–H and O–H groups in total. The van der Waals surface area contributed by atoms with Crippen LogP contribution in [0.4, 0.5) is 17.5 Å². The van der Waals surface area contributed by atoms with E-state index in [4.69, 9.17) is 0 Å². The summed E-state index contributed by atoms with van der Waals surface area (Å²) in [6.07, 6.45) is 2.37. The number of rotatable bonds is 7. The molecular formula is C16H19N5O2. The maximum atomic E-state index is 10.7. The van der Waals surface area contributed by atoms with Gasteiger partial charge in [0.25, 0.3) is 5.69 Å². The average molecular weight is 313 g/mol. The minimum absolute atomic E-state index is 0.0984. The van der Waals surface area contributed by atoms with Gasteiger partial charge in [0.05, 0.1) is 10.6 Å². The van der Waals surface area contributed by atoms with Gasteiger partial charge in [0.2, 0.25) is 5.95 Å². The highest BCUT2D eigenvalue weighted by Crippen LogP contribution is 2.39. The van der Waals surface area contributed by atoms with Gasteiger partial charge >= 0.3 is 0 Å². The van der Waals surface area contributed by atoms with E-state index in [0.717, 1.165) is 23.6 Å². The van der Waals surface area contributed by atoms with E-state index in [-0.39, 0.29) is 5.69 Å². The van der Waals surface area contributed by atoms with Crippen molar-refractivity contribution in [3.05, 3.63) is 51.7 Å². The van der Waals surface area contributed by atoms with Gasteiger partial charge in [-0.1, -0.05) is 12.1 Å². The summed E-state index contributed by atoms with van der Waals surface area (Å²) in [5.41, 5.74) is 2.13. The molecule has 0 atom stereocenters. The van der Waals surface area contributed by atoms with Crippen LogP contribution in [0, 0.1) is 10.1 Å². The Labute approximate surface area is 134 Å². The number of nitro groups is 1. The number of hydrogen-bond acceptors (Lipinski definition) is 6. The lowest BCUT2D eigenvalue weighted by atomic mass is 10.2. The van der Waals surface area contributed by atoms with Crippen molar-refractivity contribution in [2.75, 3.05) is 17.2 Å². The maximum Gasteiger partial charge on any atom is 0.269 e. The van der Waals surface area contributed by atoms with Crippen LogP contribution in [0.15, 0.2) is 30.3 Å². The summed E-state index contributed by atoms with van der Waals surface area (Å²) in [6.45, 7) is 3.34. The van der Waals surface area contributed by atoms with Crippen LogP contribution in [-0.2, 0) is 6.54 Å². The van der Waals surface area contributed by atoms with Crippen LogP contribution in [-0.4, -0.2) is 21.4 Å². The third-order valence-electron chi connectivity index (χ3n) is 3.70. The van der Waals surface area contributed by atoms with Crippen molar-refractivity contribution in [3.8, 4) is 0 Å². The Morgan fingerprint density at radius 3 is 2.57 bits per heavy atom. The lowest BCUT2D eigenvalue weighted by molar-refractivity contribution is -0.384. The van der Waals surface area contributed by atoms with E-state index >= 15 is 0 Å². The van der Waals surface area contributed by atoms with Crippen LogP contribution < -0.4 is 10.6 Å². The van der Waals surface area contributed by atoms with E-state index in [0.29, 0.717) is 18.4 Å². The first-order chi connectivity index (χ1) is 11.2. The van der Waals surface area contributed by atoms with Gasteiger partial charge in [0, 0.05) is 37.2 Å². The minimum Gasteiger partial charge on any atom is -0.366 e. The zero-order chi connectivity index (χ0) is 16.2. The first-order valence-corrected chi connectivity index (χ1v) is 7.75. The smallest absolute Gasteiger partial charge is 0.269 e. The lowest BCUT2D eigenvalue weighted by Crippen LogP contribution is -2.08. The van der Waals surface area contributed by atoms with E-state index < -0.39 is 4.92 Å². The Hall–Kier alpha value is -2.70. The second-order valence-electron chi connectivity index (χ2n) is 5.58. The van der Waals surface area contributed by atoms with Crippen LogP contribution in [0.25, 0.3) is 0 Å². The molecular weight excluding hydrogens is 294 g/mol. The van der Waals surface area contributed by atoms with Gasteiger partial charge in [-0.25, -0.2) is 4.98 Å². The van der Waals surface area contributed by atoms with Crippen molar-refractivity contribution < 1.29 is 4.92 Å². The van der Waals surface area contributed by atoms with E-state index in [1.165, 1.54) is 25.0 Å². The van der Waals surface area contributed by atoms with Gasteiger partial charge < -0.3 is 10.6 Å². The molecule has 1 heterocycles. The molecule has 1 saturated carbocycles. The molecule has 1 fully saturated rings. The maximum absolute atomic E-state index is 10.7. The Kier molecular flexibility index (Phi) is 4.36. The predicted molar refractivity (Wildman–Crippen MR) is 88.6 cm³/mol. The molecule has 1 aliphatic rings. The number of hydrogen-bond donors (Lipinski definition) is 2. The van der Waals surface area contributed by atoms with Crippen LogP contribution in [0.1, 0.15) is 36.9 Å². The quantitative estimate of drug-likeness (QED) is 0.602. The van der Waals surface area contributed by atoms with Gasteiger partial charge in [-0.15, -0.1) is 0 Å². The fourth-order valence-electron chi connectivity index (χ4n) is 2.31. The van der Waals surface area contributed by atoms with Crippen molar-refractivity contribution in [1.29, 1.82) is 0 Å². The third-order valence-corrected chi connectivity index (χ3v) is 3.70. The molecule has 23 heavy (non-hydrogen) atoms. The molecule has 0 spiro atoms. The summed E-state index contributed by atoms with van der Waals surface area (Å²) in [5, 5.41) is 17.1. The second-order valence-corrected chi connectivity index (χ2v) is 5.58. The number of nitro benzene ring substituents is 1. The number of anilines is 2. The molecule has 0 aliphatic heterocycles. The standard InChI is InChI=1S/C16H19N5O2/c1-2-17-16-19-14(12-5-6-12)9-15(20-16)18-10-11-3-7-13(8-4-11)21(22)23/h3-4,7-9,12H,2,5-6,10H2,1H3,(H2,17,18,19,20). The summed E-state index contributed by atoms with van der Waals surface area (Å²) in [7, 11) is 0. The van der Waals surface area contributed by atoms with Crippen molar-refractivity contribution >= 4 is 17.5 Å². The summed E-state index contributed by atoms with van der Waals surface area (Å²) < 4.78 is 0. The molecule has 0 amide bonds. The van der Waals surface area contributed by atoms with Crippen molar-refractivity contribution in [2.24, 2.45) is 0 Å². The zero-order valence-electron chi connectivity index (χ0n) is 13.0. The number of nitrogens with one attached hydrogen (secondary N) is 2. The molecule has 0 bridgehead atoms. The number of benzene rings is 1. The highest BCUT2D eigenvalue weighted by Gasteiger charge is 2.26. The molecule has 3 rings (SSSR count). The average Bonchev–Trinajstić information content (AvgIpc) is 3.38. The molecule has 2 aromatic rings. The highest BCUT2D eigenvalue weighted by molar-refractivity contribution is 5.45. The predicted octanol–water partition coefficient (Wildman–Crippen LogP) is 3.31. The molecule has 1 aromatic carbocycles. The normalized spacial score (nSPS) is 13.6. The molecule has 1 aromatic heterocycles. The third kappa shape index (κ3) is 3.94. The summed E-state index contributed by atoms with van der Waals surface area (Å²) in [6, 6.07) is 8.51. The molecule has 7 nitrogen and oxygen atoms in total. The van der Waals surface area contributed by atoms with Gasteiger partial charge in [0.15, 0.2) is 0 Å². The van der Waals surface area contributed by atoms with E-state index in [1.54, 1.807) is 12.1 Å². The molecule has 0 unspecified atom stereocenters. The summed E-state index contributed by atoms with van der Waals surface area (Å²) in [5.74, 6) is 1.97. The van der Waals surface area contributed by atoms with Crippen molar-refractivity contribution in [3.63, 3.8) is 0 Å². The molecule has 0 radical (unpaired) electrons. The Balaban J connectivity index is 1.70. The van der Waals surface area contributed by atoms with Crippen LogP contribution >= 0.6 is 0 Å². The monoisotopic (exact) mass is 313 g/mol. The van der Waals surface area contributed by atoms with Crippen molar-refractivity contribution in [1.82, 2.24) is 9.97 Å². The van der Waals surface area contributed by atoms with Crippen LogP contribution in [0.5, 0.6) is 0 Å². The van der Waals surface area contributed by atoms with Crippen LogP contribution in [0.3, 0.4) is 0 Å². The largest absolute Gasteiger partial charge is 0.366 e. The topological polar surface area (TPSA) is 93.0 Å². The minimum atomic E-state index is -0.397. The van der Waals surface area contributed by atoms with Gasteiger partial charge in [-0.2, -0.15) is 4.98 Å². The number of nitrogens with zero attached hydrogens (tertiary/aromatic N) is 3. The van der Waals surface area contributed by atoms with Gasteiger partial charge in [-0.05, 0) is 25.3 Å². The van der Waals surface area contributed by atoms with E-state index in [2.05, 4.69) is 20.6 Å². The molecule has 0 saturated heterocycles. The first-order valence-electron chi connectivity index (χ1n) is 7.75. The number of non-ortho nitro benzene ring substituents is 1. The van der Waals surface area contributed by atoms with E-state index in [9.17, 15) is 10.1 Å². The highest BCUT2D eigenvalue weighted by atomic mass is 16.6. The Morgan fingerprint density at radius 1 is 1.22 bits per heavy atom. The number of aromatic nitrogens is 2. The lowest BCUT2D eigenvalue weighted by Gasteiger charge is -2.10. The summed E-state index contributed by atoms with van der Waals surface area (Å²) >= 11 is 0. The Morgan fingerprint density at radius 2 is 1.96 bits per heavy atom. The first kappa shape index (κ1) is 15.2.